The van der Waals surface area contributed by atoms with Crippen LogP contribution in [-0.4, -0.2) is 37.7 Å². The first-order chi connectivity index (χ1) is 22.5. The number of hydrogen-bond donors (Lipinski definition) is 0. The molecule has 4 rings (SSSR count). The van der Waals surface area contributed by atoms with E-state index in [0.29, 0.717) is 22.3 Å². The molecule has 0 aliphatic rings. The Hall–Kier alpha value is -4.18. The van der Waals surface area contributed by atoms with Gasteiger partial charge in [0.1, 0.15) is 0 Å². The van der Waals surface area contributed by atoms with Gasteiger partial charge in [-0.3, -0.25) is 9.59 Å². The normalized spacial score (nSPS) is 11.0. The molecule has 0 aromatic heterocycles. The van der Waals surface area contributed by atoms with Crippen molar-refractivity contribution in [3.05, 3.63) is 119 Å². The fourth-order valence-corrected chi connectivity index (χ4v) is 5.87. The van der Waals surface area contributed by atoms with Crippen LogP contribution in [0.4, 0.5) is 11.4 Å². The molecule has 46 heavy (non-hydrogen) atoms. The van der Waals surface area contributed by atoms with Gasteiger partial charge in [0.2, 0.25) is 0 Å². The SMILES string of the molecule is CCCCN(CCCC)c1ccc(C(=O)c2cccc(-c3ccccc3C(=O)c3ccc(N(CCCC)CCCC)cc3)c2)cc1. The third-order valence-corrected chi connectivity index (χ3v) is 8.72. The maximum absolute atomic E-state index is 13.8. The van der Waals surface area contributed by atoms with Gasteiger partial charge in [0.05, 0.1) is 0 Å². The highest BCUT2D eigenvalue weighted by Crippen LogP contribution is 2.29. The van der Waals surface area contributed by atoms with E-state index in [1.165, 1.54) is 11.4 Å². The summed E-state index contributed by atoms with van der Waals surface area (Å²) in [5, 5.41) is 0. The Kier molecular flexibility index (Phi) is 13.6. The topological polar surface area (TPSA) is 40.6 Å². The van der Waals surface area contributed by atoms with Crippen molar-refractivity contribution in [3.63, 3.8) is 0 Å². The first-order valence-corrected chi connectivity index (χ1v) is 17.5. The molecule has 0 radical (unpaired) electrons. The van der Waals surface area contributed by atoms with Gasteiger partial charge in [-0.15, -0.1) is 0 Å². The zero-order valence-electron chi connectivity index (χ0n) is 28.4. The summed E-state index contributed by atoms with van der Waals surface area (Å²) in [5.41, 5.74) is 6.62. The number of carbonyl (C=O) groups excluding carboxylic acids is 2. The van der Waals surface area contributed by atoms with Crippen molar-refractivity contribution in [2.75, 3.05) is 36.0 Å². The molecule has 0 saturated heterocycles. The maximum atomic E-state index is 13.8. The number of unbranched alkanes of at least 4 members (excludes halogenated alkanes) is 4. The standard InChI is InChI=1S/C42H52N2O2/c1-5-9-28-43(29-10-6-2)37-24-20-33(21-25-37)41(45)36-17-15-16-35(32-36)39-18-13-14-19-40(39)42(46)34-22-26-38(27-23-34)44(30-11-7-3)31-12-8-4/h13-27,32H,5-12,28-31H2,1-4H3. The molecule has 0 amide bonds. The number of hydrogen-bond acceptors (Lipinski definition) is 4. The number of ketones is 2. The van der Waals surface area contributed by atoms with Crippen LogP contribution in [0.3, 0.4) is 0 Å². The van der Waals surface area contributed by atoms with Crippen molar-refractivity contribution in [1.29, 1.82) is 0 Å². The molecule has 4 aromatic carbocycles. The molecule has 0 saturated carbocycles. The highest BCUT2D eigenvalue weighted by atomic mass is 16.1. The lowest BCUT2D eigenvalue weighted by molar-refractivity contribution is 0.103. The third-order valence-electron chi connectivity index (χ3n) is 8.72. The summed E-state index contributed by atoms with van der Waals surface area (Å²) in [7, 11) is 0. The molecule has 0 aliphatic heterocycles. The summed E-state index contributed by atoms with van der Waals surface area (Å²) < 4.78 is 0. The number of rotatable bonds is 19. The monoisotopic (exact) mass is 616 g/mol. The zero-order chi connectivity index (χ0) is 32.7. The fourth-order valence-electron chi connectivity index (χ4n) is 5.87. The van der Waals surface area contributed by atoms with Gasteiger partial charge in [0.15, 0.2) is 11.6 Å². The molecular formula is C42H52N2O2. The molecule has 4 aromatic rings. The molecule has 0 atom stereocenters. The van der Waals surface area contributed by atoms with Crippen molar-refractivity contribution in [2.24, 2.45) is 0 Å². The number of anilines is 2. The van der Waals surface area contributed by atoms with Gasteiger partial charge in [-0.25, -0.2) is 0 Å². The third kappa shape index (κ3) is 9.19. The van der Waals surface area contributed by atoms with Crippen molar-refractivity contribution in [1.82, 2.24) is 0 Å². The Morgan fingerprint density at radius 1 is 0.478 bits per heavy atom. The Morgan fingerprint density at radius 3 is 1.41 bits per heavy atom. The average molecular weight is 617 g/mol. The minimum Gasteiger partial charge on any atom is -0.372 e. The molecule has 0 fully saturated rings. The smallest absolute Gasteiger partial charge is 0.193 e. The summed E-state index contributed by atoms with van der Waals surface area (Å²) in [6.07, 6.45) is 9.26. The summed E-state index contributed by atoms with van der Waals surface area (Å²) in [5.74, 6) is -0.0315. The van der Waals surface area contributed by atoms with Crippen molar-refractivity contribution >= 4 is 22.9 Å². The summed E-state index contributed by atoms with van der Waals surface area (Å²) in [4.78, 5) is 32.3. The van der Waals surface area contributed by atoms with Gasteiger partial charge in [-0.05, 0) is 91.4 Å². The van der Waals surface area contributed by atoms with Gasteiger partial charge in [-0.2, -0.15) is 0 Å². The van der Waals surface area contributed by atoms with Crippen LogP contribution in [0, 0.1) is 0 Å². The molecule has 4 nitrogen and oxygen atoms in total. The maximum Gasteiger partial charge on any atom is 0.193 e. The Bertz CT molecular complexity index is 1510. The Labute approximate surface area is 277 Å². The number of carbonyl (C=O) groups is 2. The van der Waals surface area contributed by atoms with Crippen LogP contribution in [0.25, 0.3) is 11.1 Å². The highest BCUT2D eigenvalue weighted by Gasteiger charge is 2.17. The molecule has 4 heteroatoms. The van der Waals surface area contributed by atoms with Crippen molar-refractivity contribution in [3.8, 4) is 11.1 Å². The van der Waals surface area contributed by atoms with E-state index in [1.807, 2.05) is 72.8 Å². The van der Waals surface area contributed by atoms with Crippen molar-refractivity contribution < 1.29 is 9.59 Å². The summed E-state index contributed by atoms with van der Waals surface area (Å²) in [6, 6.07) is 31.5. The molecular weight excluding hydrogens is 564 g/mol. The quantitative estimate of drug-likeness (QED) is 0.0983. The molecule has 0 spiro atoms. The van der Waals surface area contributed by atoms with Crippen molar-refractivity contribution in [2.45, 2.75) is 79.1 Å². The second kappa shape index (κ2) is 18.1. The van der Waals surface area contributed by atoms with Gasteiger partial charge < -0.3 is 9.80 Å². The van der Waals surface area contributed by atoms with Crippen LogP contribution in [0.2, 0.25) is 0 Å². The lowest BCUT2D eigenvalue weighted by atomic mass is 9.92. The second-order valence-corrected chi connectivity index (χ2v) is 12.3. The van der Waals surface area contributed by atoms with Crippen LogP contribution < -0.4 is 9.80 Å². The van der Waals surface area contributed by atoms with Gasteiger partial charge in [0.25, 0.3) is 0 Å². The Morgan fingerprint density at radius 2 is 0.935 bits per heavy atom. The lowest BCUT2D eigenvalue weighted by Crippen LogP contribution is -2.25. The van der Waals surface area contributed by atoms with Crippen LogP contribution in [0.5, 0.6) is 0 Å². The molecule has 0 aliphatic carbocycles. The predicted molar refractivity (Wildman–Crippen MR) is 196 cm³/mol. The molecule has 0 N–H and O–H groups in total. The van der Waals surface area contributed by atoms with E-state index in [1.54, 1.807) is 0 Å². The largest absolute Gasteiger partial charge is 0.372 e. The van der Waals surface area contributed by atoms with E-state index in [4.69, 9.17) is 0 Å². The molecule has 0 unspecified atom stereocenters. The summed E-state index contributed by atoms with van der Waals surface area (Å²) >= 11 is 0. The average Bonchev–Trinajstić information content (AvgIpc) is 3.11. The zero-order valence-corrected chi connectivity index (χ0v) is 28.4. The van der Waals surface area contributed by atoms with Crippen LogP contribution >= 0.6 is 0 Å². The van der Waals surface area contributed by atoms with Gasteiger partial charge >= 0.3 is 0 Å². The van der Waals surface area contributed by atoms with E-state index < -0.39 is 0 Å². The van der Waals surface area contributed by atoms with Crippen LogP contribution in [0.1, 0.15) is 111 Å². The number of nitrogens with zero attached hydrogens (tertiary/aromatic N) is 2. The minimum absolute atomic E-state index is 0.0150. The fraction of sp³-hybridized carbons (Fsp3) is 0.381. The minimum atomic E-state index is -0.0165. The van der Waals surface area contributed by atoms with Crippen LogP contribution in [0.15, 0.2) is 97.1 Å². The van der Waals surface area contributed by atoms with Crippen LogP contribution in [-0.2, 0) is 0 Å². The molecule has 0 bridgehead atoms. The van der Waals surface area contributed by atoms with E-state index in [9.17, 15) is 9.59 Å². The van der Waals surface area contributed by atoms with Gasteiger partial charge in [0, 0.05) is 59.8 Å². The van der Waals surface area contributed by atoms with E-state index in [0.717, 1.165) is 88.7 Å². The Balaban J connectivity index is 1.54. The first-order valence-electron chi connectivity index (χ1n) is 17.5. The van der Waals surface area contributed by atoms with E-state index in [-0.39, 0.29) is 11.6 Å². The first kappa shape index (κ1) is 34.7. The van der Waals surface area contributed by atoms with E-state index >= 15 is 0 Å². The number of benzene rings is 4. The lowest BCUT2D eigenvalue weighted by Gasteiger charge is -2.25. The molecule has 0 heterocycles. The molecule has 242 valence electrons. The predicted octanol–water partition coefficient (Wildman–Crippen LogP) is 10.6. The van der Waals surface area contributed by atoms with Gasteiger partial charge in [-0.1, -0.05) is 95.8 Å². The highest BCUT2D eigenvalue weighted by molar-refractivity contribution is 6.14. The second-order valence-electron chi connectivity index (χ2n) is 12.3. The summed E-state index contributed by atoms with van der Waals surface area (Å²) in [6.45, 7) is 13.0. The van der Waals surface area contributed by atoms with E-state index in [2.05, 4.69) is 61.8 Å².